The van der Waals surface area contributed by atoms with Crippen molar-refractivity contribution in [2.45, 2.75) is 56.8 Å². The Bertz CT molecular complexity index is 1140. The van der Waals surface area contributed by atoms with Crippen LogP contribution in [0.4, 0.5) is 9.59 Å². The highest BCUT2D eigenvalue weighted by Crippen LogP contribution is 2.44. The first-order chi connectivity index (χ1) is 17.1. The van der Waals surface area contributed by atoms with Crippen molar-refractivity contribution in [1.82, 2.24) is 10.6 Å². The molecular weight excluding hydrogens is 464 g/mol. The summed E-state index contributed by atoms with van der Waals surface area (Å²) >= 11 is 0. The summed E-state index contributed by atoms with van der Waals surface area (Å²) in [5.74, 6) is -1.36. The molecule has 0 saturated carbocycles. The first-order valence-corrected chi connectivity index (χ1v) is 11.8. The van der Waals surface area contributed by atoms with E-state index in [0.29, 0.717) is 0 Å². The van der Waals surface area contributed by atoms with Crippen LogP contribution in [0.5, 0.6) is 0 Å². The summed E-state index contributed by atoms with van der Waals surface area (Å²) in [5, 5.41) is 22.6. The van der Waals surface area contributed by atoms with Crippen molar-refractivity contribution in [1.29, 1.82) is 0 Å². The van der Waals surface area contributed by atoms with Crippen molar-refractivity contribution in [2.24, 2.45) is 10.2 Å². The van der Waals surface area contributed by atoms with Gasteiger partial charge < -0.3 is 25.2 Å². The van der Waals surface area contributed by atoms with Crippen LogP contribution in [0.1, 0.15) is 50.7 Å². The molecule has 10 nitrogen and oxygen atoms in total. The van der Waals surface area contributed by atoms with E-state index in [4.69, 9.17) is 9.47 Å². The molecule has 4 rings (SSSR count). The molecule has 0 saturated heterocycles. The average molecular weight is 495 g/mol. The van der Waals surface area contributed by atoms with Gasteiger partial charge in [0.1, 0.15) is 18.2 Å². The van der Waals surface area contributed by atoms with E-state index in [-0.39, 0.29) is 31.9 Å². The maximum Gasteiger partial charge on any atom is 0.407 e. The second-order valence-electron chi connectivity index (χ2n) is 9.93. The number of amides is 2. The number of aliphatic carboxylic acids is 1. The van der Waals surface area contributed by atoms with Gasteiger partial charge in [-0.2, -0.15) is 10.2 Å². The molecule has 2 aromatic rings. The van der Waals surface area contributed by atoms with Gasteiger partial charge >= 0.3 is 18.2 Å². The Hall–Kier alpha value is -3.95. The van der Waals surface area contributed by atoms with E-state index in [1.807, 2.05) is 48.5 Å². The third-order valence-electron chi connectivity index (χ3n) is 6.04. The van der Waals surface area contributed by atoms with Crippen LogP contribution in [-0.2, 0) is 14.3 Å². The van der Waals surface area contributed by atoms with Crippen molar-refractivity contribution < 1.29 is 29.0 Å². The Morgan fingerprint density at radius 2 is 1.58 bits per heavy atom. The molecule has 0 fully saturated rings. The van der Waals surface area contributed by atoms with Gasteiger partial charge in [0.2, 0.25) is 0 Å². The van der Waals surface area contributed by atoms with Crippen LogP contribution in [0.25, 0.3) is 11.1 Å². The number of nitrogens with one attached hydrogen (secondary N) is 2. The van der Waals surface area contributed by atoms with Crippen LogP contribution in [-0.4, -0.2) is 53.7 Å². The lowest BCUT2D eigenvalue weighted by Crippen LogP contribution is -2.44. The molecule has 3 N–H and O–H groups in total. The minimum absolute atomic E-state index is 0.0530. The highest BCUT2D eigenvalue weighted by molar-refractivity contribution is 5.81. The van der Waals surface area contributed by atoms with Crippen LogP contribution in [0.15, 0.2) is 58.8 Å². The van der Waals surface area contributed by atoms with Crippen molar-refractivity contribution in [3.05, 3.63) is 59.7 Å². The van der Waals surface area contributed by atoms with Crippen molar-refractivity contribution in [2.75, 3.05) is 13.2 Å². The second-order valence-corrected chi connectivity index (χ2v) is 9.93. The first-order valence-electron chi connectivity index (χ1n) is 11.8. The molecular formula is C26H30N4O6. The SMILES string of the molecule is CC(C)(C)OC(=O)NCCC1(C[C@H](NC(=O)OCC2c3ccccc3-c3ccccc32)C(=O)O)N=N1. The van der Waals surface area contributed by atoms with Crippen molar-refractivity contribution >= 4 is 18.2 Å². The fourth-order valence-electron chi connectivity index (χ4n) is 4.34. The molecule has 2 aromatic carbocycles. The van der Waals surface area contributed by atoms with E-state index in [0.717, 1.165) is 22.3 Å². The maximum absolute atomic E-state index is 12.5. The number of hydrogen-bond acceptors (Lipinski definition) is 7. The minimum atomic E-state index is -1.25. The highest BCUT2D eigenvalue weighted by Gasteiger charge is 2.44. The van der Waals surface area contributed by atoms with E-state index >= 15 is 0 Å². The summed E-state index contributed by atoms with van der Waals surface area (Å²) in [6.45, 7) is 5.54. The van der Waals surface area contributed by atoms with Gasteiger partial charge in [0.05, 0.1) is 0 Å². The summed E-state index contributed by atoms with van der Waals surface area (Å²) in [6, 6.07) is 14.7. The molecule has 0 spiro atoms. The number of carboxylic acids is 1. The predicted octanol–water partition coefficient (Wildman–Crippen LogP) is 4.45. The number of carboxylic acid groups (broad SMARTS) is 1. The Balaban J connectivity index is 1.30. The largest absolute Gasteiger partial charge is 0.480 e. The van der Waals surface area contributed by atoms with E-state index in [1.165, 1.54) is 0 Å². The van der Waals surface area contributed by atoms with Gasteiger partial charge in [0, 0.05) is 25.3 Å². The summed E-state index contributed by atoms with van der Waals surface area (Å²) < 4.78 is 10.6. The molecule has 0 bridgehead atoms. The number of carbonyl (C=O) groups is 3. The molecule has 2 aliphatic rings. The standard InChI is InChI=1S/C26H30N4O6/c1-25(2,3)36-23(33)27-13-12-26(29-30-26)14-21(22(31)32)28-24(34)35-15-20-18-10-6-4-8-16(18)17-9-5-7-11-19(17)20/h4-11,20-21H,12-15H2,1-3H3,(H,27,33)(H,28,34)(H,31,32)/t21-/m0/s1. The lowest BCUT2D eigenvalue weighted by atomic mass is 9.98. The molecule has 0 unspecified atom stereocenters. The minimum Gasteiger partial charge on any atom is -0.480 e. The normalized spacial score (nSPS) is 15.9. The molecule has 36 heavy (non-hydrogen) atoms. The number of benzene rings is 2. The quantitative estimate of drug-likeness (QED) is 0.471. The average Bonchev–Trinajstić information content (AvgIpc) is 3.49. The molecule has 190 valence electrons. The summed E-state index contributed by atoms with van der Waals surface area (Å²) in [7, 11) is 0. The van der Waals surface area contributed by atoms with Crippen molar-refractivity contribution in [3.63, 3.8) is 0 Å². The van der Waals surface area contributed by atoms with E-state index in [2.05, 4.69) is 20.9 Å². The first kappa shape index (κ1) is 25.2. The Kier molecular flexibility index (Phi) is 6.96. The fourth-order valence-corrected chi connectivity index (χ4v) is 4.34. The lowest BCUT2D eigenvalue weighted by molar-refractivity contribution is -0.139. The number of carbonyl (C=O) groups excluding carboxylic acids is 2. The van der Waals surface area contributed by atoms with Gasteiger partial charge in [0.15, 0.2) is 5.66 Å². The van der Waals surface area contributed by atoms with Gasteiger partial charge in [-0.15, -0.1) is 0 Å². The van der Waals surface area contributed by atoms with Gasteiger partial charge in [-0.3, -0.25) is 0 Å². The van der Waals surface area contributed by atoms with Crippen molar-refractivity contribution in [3.8, 4) is 11.1 Å². The zero-order valence-electron chi connectivity index (χ0n) is 20.5. The monoisotopic (exact) mass is 494 g/mol. The van der Waals surface area contributed by atoms with Gasteiger partial charge in [-0.25, -0.2) is 14.4 Å². The molecule has 1 heterocycles. The topological polar surface area (TPSA) is 139 Å². The van der Waals surface area contributed by atoms with Gasteiger partial charge in [-0.05, 0) is 43.0 Å². The van der Waals surface area contributed by atoms with Gasteiger partial charge in [-0.1, -0.05) is 48.5 Å². The summed E-state index contributed by atoms with van der Waals surface area (Å²) in [6.07, 6.45) is -1.18. The van der Waals surface area contributed by atoms with E-state index in [1.54, 1.807) is 20.8 Å². The number of alkyl carbamates (subject to hydrolysis) is 2. The molecule has 1 aliphatic heterocycles. The molecule has 10 heteroatoms. The Morgan fingerprint density at radius 3 is 2.11 bits per heavy atom. The third-order valence-corrected chi connectivity index (χ3v) is 6.04. The van der Waals surface area contributed by atoms with Crippen LogP contribution in [0.3, 0.4) is 0 Å². The zero-order valence-corrected chi connectivity index (χ0v) is 20.5. The van der Waals surface area contributed by atoms with Crippen LogP contribution in [0, 0.1) is 0 Å². The number of nitrogens with zero attached hydrogens (tertiary/aromatic N) is 2. The zero-order chi connectivity index (χ0) is 25.9. The Labute approximate surface area is 209 Å². The second kappa shape index (κ2) is 9.96. The lowest BCUT2D eigenvalue weighted by Gasteiger charge is -2.21. The Morgan fingerprint density at radius 1 is 1.00 bits per heavy atom. The number of ether oxygens (including phenoxy) is 2. The maximum atomic E-state index is 12.5. The smallest absolute Gasteiger partial charge is 0.407 e. The molecule has 0 radical (unpaired) electrons. The number of hydrogen-bond donors (Lipinski definition) is 3. The summed E-state index contributed by atoms with van der Waals surface area (Å²) in [5.41, 5.74) is 2.72. The molecule has 0 aromatic heterocycles. The van der Waals surface area contributed by atoms with Crippen LogP contribution >= 0.6 is 0 Å². The highest BCUT2D eigenvalue weighted by atomic mass is 16.6. The number of fused-ring (bicyclic) bond motifs is 3. The number of rotatable bonds is 9. The van der Waals surface area contributed by atoms with E-state index in [9.17, 15) is 19.5 Å². The van der Waals surface area contributed by atoms with E-state index < -0.39 is 35.5 Å². The van der Waals surface area contributed by atoms with Gasteiger partial charge in [0.25, 0.3) is 0 Å². The third kappa shape index (κ3) is 5.99. The molecule has 1 aliphatic carbocycles. The predicted molar refractivity (Wildman–Crippen MR) is 131 cm³/mol. The van der Waals surface area contributed by atoms with Crippen LogP contribution < -0.4 is 10.6 Å². The fraction of sp³-hybridized carbons (Fsp3) is 0.423. The molecule has 1 atom stereocenters. The molecule has 2 amide bonds. The van der Waals surface area contributed by atoms with Crippen LogP contribution in [0.2, 0.25) is 0 Å². The summed E-state index contributed by atoms with van der Waals surface area (Å²) in [4.78, 5) is 36.2.